The van der Waals surface area contributed by atoms with Crippen LogP contribution in [-0.4, -0.2) is 19.1 Å². The van der Waals surface area contributed by atoms with E-state index in [2.05, 4.69) is 12.2 Å². The summed E-state index contributed by atoms with van der Waals surface area (Å²) in [7, 11) is 0. The van der Waals surface area contributed by atoms with Crippen molar-refractivity contribution < 1.29 is 9.53 Å². The van der Waals surface area contributed by atoms with Gasteiger partial charge in [-0.25, -0.2) is 0 Å². The summed E-state index contributed by atoms with van der Waals surface area (Å²) in [5.41, 5.74) is 6.83. The van der Waals surface area contributed by atoms with Crippen LogP contribution in [0.4, 0.5) is 0 Å². The maximum absolute atomic E-state index is 11.7. The van der Waals surface area contributed by atoms with Crippen molar-refractivity contribution in [2.45, 2.75) is 32.7 Å². The van der Waals surface area contributed by atoms with Gasteiger partial charge in [0.15, 0.2) is 6.61 Å². The Morgan fingerprint density at radius 1 is 1.42 bits per heavy atom. The lowest BCUT2D eigenvalue weighted by Gasteiger charge is -2.38. The fourth-order valence-corrected chi connectivity index (χ4v) is 2.28. The van der Waals surface area contributed by atoms with Crippen LogP contribution < -0.4 is 15.8 Å². The van der Waals surface area contributed by atoms with Gasteiger partial charge in [-0.15, -0.1) is 0 Å². The monoisotopic (exact) mass is 262 g/mol. The van der Waals surface area contributed by atoms with Crippen molar-refractivity contribution in [2.24, 2.45) is 11.1 Å². The average Bonchev–Trinajstić information content (AvgIpc) is 2.41. The van der Waals surface area contributed by atoms with Crippen LogP contribution in [0, 0.1) is 5.41 Å². The van der Waals surface area contributed by atoms with Gasteiger partial charge in [-0.3, -0.25) is 4.79 Å². The molecule has 0 atom stereocenters. The third kappa shape index (κ3) is 3.70. The van der Waals surface area contributed by atoms with E-state index >= 15 is 0 Å². The molecule has 1 aliphatic rings. The molecule has 1 fully saturated rings. The van der Waals surface area contributed by atoms with Crippen LogP contribution in [0.2, 0.25) is 0 Å². The number of hydrogen-bond acceptors (Lipinski definition) is 3. The first-order valence-electron chi connectivity index (χ1n) is 6.80. The molecule has 1 aromatic rings. The molecule has 1 amide bonds. The van der Waals surface area contributed by atoms with Crippen LogP contribution in [0.5, 0.6) is 5.75 Å². The van der Waals surface area contributed by atoms with E-state index in [1.165, 1.54) is 19.3 Å². The lowest BCUT2D eigenvalue weighted by Crippen LogP contribution is -2.41. The molecule has 0 aromatic heterocycles. The highest BCUT2D eigenvalue weighted by atomic mass is 16.5. The smallest absolute Gasteiger partial charge is 0.257 e. The van der Waals surface area contributed by atoms with E-state index in [9.17, 15) is 4.79 Å². The van der Waals surface area contributed by atoms with Gasteiger partial charge in [-0.05, 0) is 24.3 Å². The Bertz CT molecular complexity index is 442. The number of carbonyl (C=O) groups is 1. The Balaban J connectivity index is 1.76. The maximum atomic E-state index is 11.7. The van der Waals surface area contributed by atoms with Gasteiger partial charge in [0.2, 0.25) is 0 Å². The first-order chi connectivity index (χ1) is 9.13. The molecule has 1 saturated carbocycles. The van der Waals surface area contributed by atoms with Crippen molar-refractivity contribution in [2.75, 3.05) is 13.2 Å². The van der Waals surface area contributed by atoms with Crippen LogP contribution in [0.3, 0.4) is 0 Å². The molecule has 1 aromatic carbocycles. The van der Waals surface area contributed by atoms with E-state index in [0.29, 0.717) is 17.7 Å². The number of carbonyl (C=O) groups excluding carboxylic acids is 1. The van der Waals surface area contributed by atoms with Crippen LogP contribution >= 0.6 is 0 Å². The second-order valence-electron chi connectivity index (χ2n) is 5.54. The lowest BCUT2D eigenvalue weighted by atomic mass is 9.70. The van der Waals surface area contributed by atoms with E-state index in [-0.39, 0.29) is 12.5 Å². The quantitative estimate of drug-likeness (QED) is 0.822. The summed E-state index contributed by atoms with van der Waals surface area (Å²) in [4.78, 5) is 11.7. The molecule has 3 N–H and O–H groups in total. The predicted molar refractivity (Wildman–Crippen MR) is 74.8 cm³/mol. The molecule has 0 bridgehead atoms. The van der Waals surface area contributed by atoms with Gasteiger partial charge < -0.3 is 15.8 Å². The minimum Gasteiger partial charge on any atom is -0.483 e. The first-order valence-corrected chi connectivity index (χ1v) is 6.80. The topological polar surface area (TPSA) is 64.3 Å². The van der Waals surface area contributed by atoms with Gasteiger partial charge in [-0.2, -0.15) is 0 Å². The second-order valence-corrected chi connectivity index (χ2v) is 5.54. The van der Waals surface area contributed by atoms with Gasteiger partial charge in [0.25, 0.3) is 5.91 Å². The molecule has 0 saturated heterocycles. The average molecular weight is 262 g/mol. The molecule has 0 radical (unpaired) electrons. The summed E-state index contributed by atoms with van der Waals surface area (Å²) in [6.07, 6.45) is 3.67. The zero-order valence-corrected chi connectivity index (χ0v) is 11.4. The Kier molecular flexibility index (Phi) is 4.43. The normalized spacial score (nSPS) is 16.5. The number of para-hydroxylation sites is 1. The highest BCUT2D eigenvalue weighted by molar-refractivity contribution is 5.77. The van der Waals surface area contributed by atoms with Gasteiger partial charge in [0, 0.05) is 18.7 Å². The molecule has 0 unspecified atom stereocenters. The number of nitrogens with two attached hydrogens (primary N) is 1. The third-order valence-corrected chi connectivity index (χ3v) is 3.82. The molecular formula is C15H22N2O2. The fourth-order valence-electron chi connectivity index (χ4n) is 2.28. The minimum atomic E-state index is -0.0695. The predicted octanol–water partition coefficient (Wildman–Crippen LogP) is 1.83. The highest BCUT2D eigenvalue weighted by Crippen LogP contribution is 2.39. The Hall–Kier alpha value is -1.55. The van der Waals surface area contributed by atoms with Crippen molar-refractivity contribution in [3.8, 4) is 5.75 Å². The van der Waals surface area contributed by atoms with Crippen molar-refractivity contribution in [3.63, 3.8) is 0 Å². The van der Waals surface area contributed by atoms with Crippen LogP contribution in [0.1, 0.15) is 31.7 Å². The summed E-state index contributed by atoms with van der Waals surface area (Å²) in [5.74, 6) is 0.620. The molecule has 19 heavy (non-hydrogen) atoms. The van der Waals surface area contributed by atoms with E-state index in [4.69, 9.17) is 10.5 Å². The lowest BCUT2D eigenvalue weighted by molar-refractivity contribution is -0.123. The van der Waals surface area contributed by atoms with Gasteiger partial charge in [0.1, 0.15) is 5.75 Å². The summed E-state index contributed by atoms with van der Waals surface area (Å²) in [6.45, 7) is 3.41. The number of nitrogens with one attached hydrogen (secondary N) is 1. The second kappa shape index (κ2) is 6.06. The number of ether oxygens (including phenoxy) is 1. The van der Waals surface area contributed by atoms with E-state index in [1.807, 2.05) is 24.3 Å². The van der Waals surface area contributed by atoms with Crippen molar-refractivity contribution in [3.05, 3.63) is 29.8 Å². The Morgan fingerprint density at radius 3 is 2.79 bits per heavy atom. The van der Waals surface area contributed by atoms with Crippen LogP contribution in [0.15, 0.2) is 24.3 Å². The SMILES string of the molecule is CC1(CNC(=O)COc2ccccc2CN)CCC1. The Labute approximate surface area is 114 Å². The molecule has 2 rings (SSSR count). The minimum absolute atomic E-state index is 0.0487. The zero-order chi connectivity index (χ0) is 13.7. The van der Waals surface area contributed by atoms with Crippen LogP contribution in [-0.2, 0) is 11.3 Å². The zero-order valence-electron chi connectivity index (χ0n) is 11.4. The van der Waals surface area contributed by atoms with Gasteiger partial charge in [0.05, 0.1) is 0 Å². The number of rotatable bonds is 6. The van der Waals surface area contributed by atoms with Crippen LogP contribution in [0.25, 0.3) is 0 Å². The summed E-state index contributed by atoms with van der Waals surface area (Å²) >= 11 is 0. The van der Waals surface area contributed by atoms with Crippen molar-refractivity contribution >= 4 is 5.91 Å². The molecule has 4 heteroatoms. The van der Waals surface area contributed by atoms with E-state index in [0.717, 1.165) is 12.1 Å². The van der Waals surface area contributed by atoms with Crippen molar-refractivity contribution in [1.29, 1.82) is 0 Å². The number of amides is 1. The van der Waals surface area contributed by atoms with E-state index in [1.54, 1.807) is 0 Å². The standard InChI is InChI=1S/C15H22N2O2/c1-15(7-4-8-15)11-17-14(18)10-19-13-6-3-2-5-12(13)9-16/h2-3,5-6H,4,7-11,16H2,1H3,(H,17,18). The van der Waals surface area contributed by atoms with E-state index < -0.39 is 0 Å². The third-order valence-electron chi connectivity index (χ3n) is 3.82. The summed E-state index contributed by atoms with van der Waals surface area (Å²) < 4.78 is 5.51. The maximum Gasteiger partial charge on any atom is 0.257 e. The van der Waals surface area contributed by atoms with Crippen molar-refractivity contribution in [1.82, 2.24) is 5.32 Å². The summed E-state index contributed by atoms with van der Waals surface area (Å²) in [5, 5.41) is 2.94. The fraction of sp³-hybridized carbons (Fsp3) is 0.533. The largest absolute Gasteiger partial charge is 0.483 e. The molecule has 4 nitrogen and oxygen atoms in total. The first kappa shape index (κ1) is 13.9. The summed E-state index contributed by atoms with van der Waals surface area (Å²) in [6, 6.07) is 7.53. The number of hydrogen-bond donors (Lipinski definition) is 2. The molecule has 104 valence electrons. The number of benzene rings is 1. The molecule has 0 spiro atoms. The van der Waals surface area contributed by atoms with Gasteiger partial charge >= 0.3 is 0 Å². The molecule has 0 aliphatic heterocycles. The molecular weight excluding hydrogens is 240 g/mol. The Morgan fingerprint density at radius 2 is 2.16 bits per heavy atom. The molecule has 0 heterocycles. The van der Waals surface area contributed by atoms with Gasteiger partial charge in [-0.1, -0.05) is 31.5 Å². The molecule has 1 aliphatic carbocycles. The highest BCUT2D eigenvalue weighted by Gasteiger charge is 2.31.